The van der Waals surface area contributed by atoms with E-state index in [1.54, 1.807) is 6.07 Å². The number of imidazole rings is 1. The first-order valence-electron chi connectivity index (χ1n) is 5.88. The van der Waals surface area contributed by atoms with E-state index in [0.29, 0.717) is 21.1 Å². The standard InChI is InChI=1S/C12H14Cl2N2O4/c1-4(17)9(18)10(19)11(20)12-15-7-2-5(13)6(14)3-8(7)16-12/h2-4,9-11,17-20H,1H3,(H,15,16)/t4-,9+,10+,11-/m1/s1. The van der Waals surface area contributed by atoms with E-state index < -0.39 is 24.4 Å². The predicted molar refractivity (Wildman–Crippen MR) is 74.8 cm³/mol. The highest BCUT2D eigenvalue weighted by atomic mass is 35.5. The minimum Gasteiger partial charge on any atom is -0.391 e. The molecule has 8 heteroatoms. The molecule has 0 saturated heterocycles. The van der Waals surface area contributed by atoms with Gasteiger partial charge in [-0.2, -0.15) is 0 Å². The third-order valence-electron chi connectivity index (χ3n) is 2.99. The van der Waals surface area contributed by atoms with Gasteiger partial charge < -0.3 is 25.4 Å². The molecule has 0 amide bonds. The monoisotopic (exact) mass is 320 g/mol. The number of nitrogens with zero attached hydrogens (tertiary/aromatic N) is 1. The SMILES string of the molecule is C[C@@H](O)[C@H](O)[C@H](O)[C@@H](O)c1nc2cc(Cl)c(Cl)cc2[nH]1. The lowest BCUT2D eigenvalue weighted by Gasteiger charge is -2.23. The van der Waals surface area contributed by atoms with Crippen molar-refractivity contribution in [2.45, 2.75) is 31.3 Å². The summed E-state index contributed by atoms with van der Waals surface area (Å²) >= 11 is 11.7. The van der Waals surface area contributed by atoms with Crippen LogP contribution >= 0.6 is 23.2 Å². The lowest BCUT2D eigenvalue weighted by molar-refractivity contribution is -0.103. The molecule has 2 rings (SSSR count). The van der Waals surface area contributed by atoms with Gasteiger partial charge in [-0.05, 0) is 19.1 Å². The molecule has 2 aromatic rings. The number of fused-ring (bicyclic) bond motifs is 1. The second kappa shape index (κ2) is 5.85. The van der Waals surface area contributed by atoms with E-state index in [1.165, 1.54) is 13.0 Å². The van der Waals surface area contributed by atoms with Crippen molar-refractivity contribution in [1.82, 2.24) is 9.97 Å². The zero-order valence-electron chi connectivity index (χ0n) is 10.5. The molecule has 0 saturated carbocycles. The fraction of sp³-hybridized carbons (Fsp3) is 0.417. The van der Waals surface area contributed by atoms with Crippen LogP contribution < -0.4 is 0 Å². The second-order valence-corrected chi connectivity index (χ2v) is 5.39. The van der Waals surface area contributed by atoms with Crippen LogP contribution in [0.5, 0.6) is 0 Å². The van der Waals surface area contributed by atoms with Crippen LogP contribution in [0.2, 0.25) is 10.0 Å². The van der Waals surface area contributed by atoms with Crippen molar-refractivity contribution in [2.24, 2.45) is 0 Å². The summed E-state index contributed by atoms with van der Waals surface area (Å²) in [5.41, 5.74) is 0.999. The number of aliphatic hydroxyl groups excluding tert-OH is 4. The van der Waals surface area contributed by atoms with Crippen molar-refractivity contribution in [3.05, 3.63) is 28.0 Å². The molecular formula is C12H14Cl2N2O4. The van der Waals surface area contributed by atoms with E-state index in [9.17, 15) is 20.4 Å². The van der Waals surface area contributed by atoms with Crippen LogP contribution in [-0.2, 0) is 0 Å². The van der Waals surface area contributed by atoms with Gasteiger partial charge in [0.15, 0.2) is 0 Å². The molecule has 4 atom stereocenters. The molecule has 0 aliphatic rings. The maximum atomic E-state index is 9.97. The fourth-order valence-corrected chi connectivity index (χ4v) is 2.12. The van der Waals surface area contributed by atoms with Gasteiger partial charge in [0.05, 0.1) is 27.2 Å². The Morgan fingerprint density at radius 2 is 1.65 bits per heavy atom. The first-order valence-corrected chi connectivity index (χ1v) is 6.63. The van der Waals surface area contributed by atoms with E-state index in [1.807, 2.05) is 0 Å². The number of halogens is 2. The van der Waals surface area contributed by atoms with Gasteiger partial charge in [-0.25, -0.2) is 4.98 Å². The Morgan fingerprint density at radius 3 is 2.25 bits per heavy atom. The fourth-order valence-electron chi connectivity index (χ4n) is 1.80. The van der Waals surface area contributed by atoms with Crippen molar-refractivity contribution in [3.8, 4) is 0 Å². The van der Waals surface area contributed by atoms with Crippen LogP contribution in [0.15, 0.2) is 12.1 Å². The maximum absolute atomic E-state index is 9.97. The molecule has 0 unspecified atom stereocenters. The van der Waals surface area contributed by atoms with Gasteiger partial charge in [-0.3, -0.25) is 0 Å². The Bertz CT molecular complexity index is 578. The Balaban J connectivity index is 2.33. The van der Waals surface area contributed by atoms with Gasteiger partial charge in [0.25, 0.3) is 0 Å². The molecule has 1 heterocycles. The first-order chi connectivity index (χ1) is 9.31. The Morgan fingerprint density at radius 1 is 1.05 bits per heavy atom. The Hall–Kier alpha value is -0.890. The number of hydrogen-bond acceptors (Lipinski definition) is 5. The molecule has 0 fully saturated rings. The summed E-state index contributed by atoms with van der Waals surface area (Å²) < 4.78 is 0. The molecular weight excluding hydrogens is 307 g/mol. The van der Waals surface area contributed by atoms with Crippen molar-refractivity contribution in [3.63, 3.8) is 0 Å². The lowest BCUT2D eigenvalue weighted by atomic mass is 10.0. The molecule has 6 nitrogen and oxygen atoms in total. The van der Waals surface area contributed by atoms with Crippen LogP contribution in [0, 0.1) is 0 Å². The Labute approximate surface area is 124 Å². The van der Waals surface area contributed by atoms with Crippen molar-refractivity contribution >= 4 is 34.2 Å². The topological polar surface area (TPSA) is 110 Å². The highest BCUT2D eigenvalue weighted by molar-refractivity contribution is 6.42. The van der Waals surface area contributed by atoms with E-state index in [-0.39, 0.29) is 5.82 Å². The molecule has 110 valence electrons. The summed E-state index contributed by atoms with van der Waals surface area (Å²) in [7, 11) is 0. The van der Waals surface area contributed by atoms with Crippen LogP contribution in [0.1, 0.15) is 18.9 Å². The summed E-state index contributed by atoms with van der Waals surface area (Å²) in [4.78, 5) is 6.86. The van der Waals surface area contributed by atoms with Gasteiger partial charge in [-0.1, -0.05) is 23.2 Å². The van der Waals surface area contributed by atoms with Crippen LogP contribution in [0.4, 0.5) is 0 Å². The highest BCUT2D eigenvalue weighted by Crippen LogP contribution is 2.28. The van der Waals surface area contributed by atoms with Crippen LogP contribution in [0.3, 0.4) is 0 Å². The smallest absolute Gasteiger partial charge is 0.140 e. The van der Waals surface area contributed by atoms with E-state index in [4.69, 9.17) is 23.2 Å². The summed E-state index contributed by atoms with van der Waals surface area (Å²) in [5.74, 6) is 0.0468. The zero-order valence-corrected chi connectivity index (χ0v) is 12.0. The molecule has 0 spiro atoms. The van der Waals surface area contributed by atoms with Crippen LogP contribution in [-0.4, -0.2) is 48.7 Å². The number of nitrogens with one attached hydrogen (secondary N) is 1. The van der Waals surface area contributed by atoms with Gasteiger partial charge >= 0.3 is 0 Å². The summed E-state index contributed by atoms with van der Waals surface area (Å²) in [5, 5.41) is 39.1. The molecule has 1 aromatic heterocycles. The van der Waals surface area contributed by atoms with Gasteiger partial charge in [0.1, 0.15) is 24.1 Å². The maximum Gasteiger partial charge on any atom is 0.140 e. The molecule has 0 bridgehead atoms. The largest absolute Gasteiger partial charge is 0.391 e. The quantitative estimate of drug-likeness (QED) is 0.577. The van der Waals surface area contributed by atoms with E-state index in [2.05, 4.69) is 9.97 Å². The summed E-state index contributed by atoms with van der Waals surface area (Å²) in [6.07, 6.45) is -5.75. The zero-order chi connectivity index (χ0) is 15.0. The third kappa shape index (κ3) is 2.90. The number of H-pyrrole nitrogens is 1. The van der Waals surface area contributed by atoms with E-state index >= 15 is 0 Å². The third-order valence-corrected chi connectivity index (χ3v) is 3.71. The number of benzene rings is 1. The molecule has 0 radical (unpaired) electrons. The van der Waals surface area contributed by atoms with Gasteiger partial charge in [-0.15, -0.1) is 0 Å². The summed E-state index contributed by atoms with van der Waals surface area (Å²) in [6.45, 7) is 1.30. The van der Waals surface area contributed by atoms with Gasteiger partial charge in [0, 0.05) is 0 Å². The summed E-state index contributed by atoms with van der Waals surface area (Å²) in [6, 6.07) is 3.06. The average molecular weight is 321 g/mol. The van der Waals surface area contributed by atoms with Crippen molar-refractivity contribution in [1.29, 1.82) is 0 Å². The molecule has 0 aliphatic heterocycles. The number of rotatable bonds is 4. The number of hydrogen-bond donors (Lipinski definition) is 5. The number of aromatic amines is 1. The normalized spacial score (nSPS) is 17.9. The highest BCUT2D eigenvalue weighted by Gasteiger charge is 2.31. The average Bonchev–Trinajstić information content (AvgIpc) is 2.79. The first kappa shape index (κ1) is 15.5. The minimum absolute atomic E-state index is 0.0468. The minimum atomic E-state index is -1.58. The van der Waals surface area contributed by atoms with E-state index in [0.717, 1.165) is 0 Å². The molecule has 5 N–H and O–H groups in total. The van der Waals surface area contributed by atoms with Crippen molar-refractivity contribution < 1.29 is 20.4 Å². The second-order valence-electron chi connectivity index (χ2n) is 4.57. The molecule has 1 aromatic carbocycles. The number of aliphatic hydroxyl groups is 4. The molecule has 0 aliphatic carbocycles. The lowest BCUT2D eigenvalue weighted by Crippen LogP contribution is -2.39. The number of aromatic nitrogens is 2. The molecule has 20 heavy (non-hydrogen) atoms. The van der Waals surface area contributed by atoms with Crippen LogP contribution in [0.25, 0.3) is 11.0 Å². The van der Waals surface area contributed by atoms with Crippen molar-refractivity contribution in [2.75, 3.05) is 0 Å². The predicted octanol–water partition coefficient (Wildman–Crippen LogP) is 1.01. The van der Waals surface area contributed by atoms with Gasteiger partial charge in [0.2, 0.25) is 0 Å². The Kier molecular flexibility index (Phi) is 4.53.